The highest BCUT2D eigenvalue weighted by Gasteiger charge is 2.25. The maximum absolute atomic E-state index is 12.8. The lowest BCUT2D eigenvalue weighted by molar-refractivity contribution is 0.316. The molecule has 1 fully saturated rings. The molecule has 1 radical (unpaired) electrons. The van der Waals surface area contributed by atoms with Gasteiger partial charge in [0.05, 0.1) is 0 Å². The van der Waals surface area contributed by atoms with Crippen molar-refractivity contribution in [1.82, 2.24) is 4.90 Å². The average molecular weight is 178 g/mol. The van der Waals surface area contributed by atoms with Gasteiger partial charge in [0.1, 0.15) is 5.82 Å². The molecule has 2 heteroatoms. The van der Waals surface area contributed by atoms with Crippen molar-refractivity contribution in [2.45, 2.75) is 25.4 Å². The molecule has 1 nitrogen and oxygen atoms in total. The van der Waals surface area contributed by atoms with Crippen LogP contribution in [-0.4, -0.2) is 18.0 Å². The number of rotatable bonds is 3. The monoisotopic (exact) mass is 178 g/mol. The van der Waals surface area contributed by atoms with Crippen LogP contribution in [-0.2, 0) is 6.54 Å². The van der Waals surface area contributed by atoms with Gasteiger partial charge in [0, 0.05) is 18.7 Å². The highest BCUT2D eigenvalue weighted by atomic mass is 19.1. The van der Waals surface area contributed by atoms with Crippen LogP contribution in [0.5, 0.6) is 0 Å². The fourth-order valence-corrected chi connectivity index (χ4v) is 1.51. The van der Waals surface area contributed by atoms with Gasteiger partial charge in [-0.1, -0.05) is 12.1 Å². The number of nitrogens with zero attached hydrogens (tertiary/aromatic N) is 1. The lowest BCUT2D eigenvalue weighted by atomic mass is 10.2. The number of halogens is 1. The molecular formula is C11H13FN. The van der Waals surface area contributed by atoms with Crippen LogP contribution in [0.25, 0.3) is 0 Å². The van der Waals surface area contributed by atoms with Gasteiger partial charge >= 0.3 is 0 Å². The van der Waals surface area contributed by atoms with Crippen molar-refractivity contribution in [1.29, 1.82) is 0 Å². The summed E-state index contributed by atoms with van der Waals surface area (Å²) in [6, 6.07) is 8.35. The molecule has 0 N–H and O–H groups in total. The first-order valence-corrected chi connectivity index (χ1v) is 4.62. The number of hydrogen-bond donors (Lipinski definition) is 0. The first-order chi connectivity index (χ1) is 6.25. The van der Waals surface area contributed by atoms with Gasteiger partial charge in [-0.2, -0.15) is 0 Å². The van der Waals surface area contributed by atoms with Crippen LogP contribution in [0.1, 0.15) is 18.4 Å². The Kier molecular flexibility index (Phi) is 2.32. The van der Waals surface area contributed by atoms with E-state index < -0.39 is 0 Å². The third-order valence-corrected chi connectivity index (χ3v) is 2.43. The molecule has 1 saturated carbocycles. The highest BCUT2D eigenvalue weighted by Crippen LogP contribution is 2.26. The van der Waals surface area contributed by atoms with E-state index in [0.717, 1.165) is 18.2 Å². The molecule has 1 aromatic carbocycles. The van der Waals surface area contributed by atoms with Gasteiger partial charge in [-0.05, 0) is 31.5 Å². The lowest BCUT2D eigenvalue weighted by Gasteiger charge is -2.15. The minimum atomic E-state index is -0.262. The summed E-state index contributed by atoms with van der Waals surface area (Å²) >= 11 is 0. The molecular weight excluding hydrogens is 165 g/mol. The predicted octanol–water partition coefficient (Wildman–Crippen LogP) is 2.22. The summed E-state index contributed by atoms with van der Waals surface area (Å²) < 4.78 is 12.8. The molecule has 1 aliphatic rings. The van der Waals surface area contributed by atoms with Gasteiger partial charge in [-0.25, -0.2) is 4.39 Å². The van der Waals surface area contributed by atoms with E-state index in [9.17, 15) is 4.39 Å². The molecule has 0 unspecified atom stereocenters. The molecule has 2 rings (SSSR count). The minimum Gasteiger partial charge on any atom is -0.299 e. The molecule has 69 valence electrons. The van der Waals surface area contributed by atoms with Gasteiger partial charge in [0.2, 0.25) is 0 Å². The first-order valence-electron chi connectivity index (χ1n) is 4.62. The van der Waals surface area contributed by atoms with Gasteiger partial charge in [-0.3, -0.25) is 4.90 Å². The topological polar surface area (TPSA) is 3.24 Å². The van der Waals surface area contributed by atoms with Crippen molar-refractivity contribution in [3.05, 3.63) is 35.6 Å². The molecule has 1 aliphatic carbocycles. The fourth-order valence-electron chi connectivity index (χ4n) is 1.51. The quantitative estimate of drug-likeness (QED) is 0.686. The lowest BCUT2D eigenvalue weighted by Crippen LogP contribution is -2.19. The summed E-state index contributed by atoms with van der Waals surface area (Å²) in [6.45, 7) is 0.844. The normalized spacial score (nSPS) is 16.5. The largest absolute Gasteiger partial charge is 0.299 e. The van der Waals surface area contributed by atoms with Crippen LogP contribution >= 0.6 is 0 Å². The summed E-state index contributed by atoms with van der Waals surface area (Å²) in [4.78, 5) is 2.27. The Bertz CT molecular complexity index is 294. The molecule has 0 heterocycles. The van der Waals surface area contributed by atoms with Gasteiger partial charge < -0.3 is 0 Å². The fraction of sp³-hybridized carbons (Fsp3) is 0.455. The Morgan fingerprint density at radius 1 is 1.62 bits per heavy atom. The van der Waals surface area contributed by atoms with E-state index in [1.165, 1.54) is 12.8 Å². The summed E-state index contributed by atoms with van der Waals surface area (Å²) in [5, 5.41) is 0. The maximum Gasteiger partial charge on any atom is 0.131 e. The van der Waals surface area contributed by atoms with E-state index in [1.54, 1.807) is 12.1 Å². The van der Waals surface area contributed by atoms with E-state index in [0.29, 0.717) is 0 Å². The molecule has 0 bridgehead atoms. The van der Waals surface area contributed by atoms with Crippen molar-refractivity contribution in [3.8, 4) is 0 Å². The first kappa shape index (κ1) is 8.70. The second-order valence-electron chi connectivity index (χ2n) is 3.69. The van der Waals surface area contributed by atoms with Crippen LogP contribution < -0.4 is 0 Å². The highest BCUT2D eigenvalue weighted by molar-refractivity contribution is 5.15. The van der Waals surface area contributed by atoms with E-state index in [1.807, 2.05) is 6.07 Å². The second kappa shape index (κ2) is 3.46. The van der Waals surface area contributed by atoms with E-state index in [4.69, 9.17) is 0 Å². The van der Waals surface area contributed by atoms with Crippen molar-refractivity contribution >= 4 is 0 Å². The van der Waals surface area contributed by atoms with Crippen molar-refractivity contribution in [2.24, 2.45) is 0 Å². The van der Waals surface area contributed by atoms with Gasteiger partial charge in [0.25, 0.3) is 0 Å². The van der Waals surface area contributed by atoms with Gasteiger partial charge in [0.15, 0.2) is 0 Å². The Morgan fingerprint density at radius 3 is 3.00 bits per heavy atom. The van der Waals surface area contributed by atoms with E-state index in [-0.39, 0.29) is 5.82 Å². The zero-order valence-electron chi connectivity index (χ0n) is 7.76. The van der Waals surface area contributed by atoms with Crippen LogP contribution in [0.2, 0.25) is 0 Å². The molecule has 1 aromatic rings. The molecule has 0 amide bonds. The van der Waals surface area contributed by atoms with E-state index >= 15 is 0 Å². The average Bonchev–Trinajstić information content (AvgIpc) is 2.85. The Hall–Kier alpha value is -0.890. The van der Waals surface area contributed by atoms with Gasteiger partial charge in [-0.15, -0.1) is 0 Å². The smallest absolute Gasteiger partial charge is 0.131 e. The SMILES string of the molecule is CN(Cc1cc[c]c(F)c1)C1CC1. The number of hydrogen-bond acceptors (Lipinski definition) is 1. The summed E-state index contributed by atoms with van der Waals surface area (Å²) in [6.07, 6.45) is 2.58. The molecule has 0 aliphatic heterocycles. The third-order valence-electron chi connectivity index (χ3n) is 2.43. The standard InChI is InChI=1S/C11H13FN/c1-13(11-5-6-11)8-9-3-2-4-10(12)7-9/h2-3,7,11H,5-6,8H2,1H3. The minimum absolute atomic E-state index is 0.262. The van der Waals surface area contributed by atoms with Crippen molar-refractivity contribution < 1.29 is 4.39 Å². The summed E-state index contributed by atoms with van der Waals surface area (Å²) in [7, 11) is 2.09. The zero-order valence-corrected chi connectivity index (χ0v) is 7.76. The predicted molar refractivity (Wildman–Crippen MR) is 49.7 cm³/mol. The summed E-state index contributed by atoms with van der Waals surface area (Å²) in [5.74, 6) is -0.262. The van der Waals surface area contributed by atoms with Crippen LogP contribution in [0.15, 0.2) is 18.2 Å². The van der Waals surface area contributed by atoms with Crippen LogP contribution in [0.3, 0.4) is 0 Å². The molecule has 13 heavy (non-hydrogen) atoms. The molecule has 0 aromatic heterocycles. The molecule has 0 spiro atoms. The Balaban J connectivity index is 2.00. The Labute approximate surface area is 78.2 Å². The molecule has 0 atom stereocenters. The zero-order chi connectivity index (χ0) is 9.26. The molecule has 0 saturated heterocycles. The van der Waals surface area contributed by atoms with Crippen LogP contribution in [0.4, 0.5) is 4.39 Å². The van der Waals surface area contributed by atoms with Crippen molar-refractivity contribution in [3.63, 3.8) is 0 Å². The summed E-state index contributed by atoms with van der Waals surface area (Å²) in [5.41, 5.74) is 1.03. The number of benzene rings is 1. The van der Waals surface area contributed by atoms with Crippen LogP contribution in [0, 0.1) is 11.9 Å². The third kappa shape index (κ3) is 2.28. The Morgan fingerprint density at radius 2 is 2.38 bits per heavy atom. The maximum atomic E-state index is 12.8. The van der Waals surface area contributed by atoms with Crippen molar-refractivity contribution in [2.75, 3.05) is 7.05 Å². The second-order valence-corrected chi connectivity index (χ2v) is 3.69. The van der Waals surface area contributed by atoms with E-state index in [2.05, 4.69) is 18.0 Å².